The Morgan fingerprint density at radius 1 is 0.661 bits per heavy atom. The maximum Gasteiger partial charge on any atom is 0.308 e. The van der Waals surface area contributed by atoms with Crippen LogP contribution in [0.4, 0.5) is 0 Å². The normalized spacial score (nSPS) is 27.9. The van der Waals surface area contributed by atoms with Crippen LogP contribution in [0.1, 0.15) is 64.9 Å². The van der Waals surface area contributed by atoms with E-state index in [0.717, 1.165) is 27.7 Å². The number of fused-ring (bicyclic) bond motifs is 1. The van der Waals surface area contributed by atoms with Crippen molar-refractivity contribution in [1.29, 1.82) is 0 Å². The fourth-order valence-electron chi connectivity index (χ4n) is 7.13. The summed E-state index contributed by atoms with van der Waals surface area (Å²) in [6, 6.07) is 9.77. The van der Waals surface area contributed by atoms with E-state index in [2.05, 4.69) is 0 Å². The Kier molecular flexibility index (Phi) is 13.1. The van der Waals surface area contributed by atoms with Crippen molar-refractivity contribution in [1.82, 2.24) is 0 Å². The molecule has 3 aliphatic heterocycles. The van der Waals surface area contributed by atoms with Crippen molar-refractivity contribution < 1.29 is 85.6 Å². The molecule has 18 nitrogen and oxygen atoms in total. The second-order valence-electron chi connectivity index (χ2n) is 13.2. The Labute approximate surface area is 321 Å². The standard InChI is InChI=1S/C38H44O18/c1-18(39)47-16-31-33(51-20(3)41)34(52-21(4)42)35(53-22(5)43)37(55-31)54-28-12-10-25(14-30(28)46-8)36-38(56-23(6)44)17-49-32(26(38)15-48-36)24-9-11-27(50-19(2)40)29(13-24)45-7/h9-14,26,31-37H,15-17H2,1-8H3/t26-,31-,32-,33-,34+,35-,36-,37-,38-/m1/s1. The molecule has 0 saturated carbocycles. The van der Waals surface area contributed by atoms with E-state index in [1.807, 2.05) is 0 Å². The van der Waals surface area contributed by atoms with E-state index in [1.54, 1.807) is 30.3 Å². The Bertz CT molecular complexity index is 1830. The third kappa shape index (κ3) is 9.14. The summed E-state index contributed by atoms with van der Waals surface area (Å²) < 4.78 is 69.0. The zero-order valence-corrected chi connectivity index (χ0v) is 32.1. The first kappa shape index (κ1) is 41.7. The molecule has 3 fully saturated rings. The molecule has 18 heteroatoms. The largest absolute Gasteiger partial charge is 0.493 e. The van der Waals surface area contributed by atoms with Crippen LogP contribution in [0, 0.1) is 5.92 Å². The van der Waals surface area contributed by atoms with Crippen molar-refractivity contribution in [2.75, 3.05) is 34.0 Å². The van der Waals surface area contributed by atoms with Crippen molar-refractivity contribution in [2.45, 2.75) is 90.1 Å². The molecule has 3 saturated heterocycles. The van der Waals surface area contributed by atoms with Crippen molar-refractivity contribution in [2.24, 2.45) is 5.92 Å². The predicted octanol–water partition coefficient (Wildman–Crippen LogP) is 2.85. The molecule has 2 aromatic carbocycles. The second-order valence-corrected chi connectivity index (χ2v) is 13.2. The highest BCUT2D eigenvalue weighted by atomic mass is 16.7. The van der Waals surface area contributed by atoms with Gasteiger partial charge in [0.15, 0.2) is 40.8 Å². The predicted molar refractivity (Wildman–Crippen MR) is 185 cm³/mol. The second kappa shape index (κ2) is 17.6. The summed E-state index contributed by atoms with van der Waals surface area (Å²) in [6.07, 6.45) is -8.54. The van der Waals surface area contributed by atoms with Crippen LogP contribution in [-0.2, 0) is 66.7 Å². The number of methoxy groups -OCH3 is 2. The first-order chi connectivity index (χ1) is 26.6. The molecular weight excluding hydrogens is 744 g/mol. The van der Waals surface area contributed by atoms with E-state index >= 15 is 0 Å². The van der Waals surface area contributed by atoms with E-state index < -0.39 is 96.9 Å². The maximum absolute atomic E-state index is 12.6. The topological polar surface area (TPSA) is 213 Å². The lowest BCUT2D eigenvalue weighted by atomic mass is 9.80. The Balaban J connectivity index is 1.47. The van der Waals surface area contributed by atoms with E-state index in [1.165, 1.54) is 34.1 Å². The number of hydrogen-bond donors (Lipinski definition) is 0. The van der Waals surface area contributed by atoms with Gasteiger partial charge in [-0.05, 0) is 35.4 Å². The van der Waals surface area contributed by atoms with Gasteiger partial charge in [-0.2, -0.15) is 0 Å². The van der Waals surface area contributed by atoms with Gasteiger partial charge in [0.2, 0.25) is 12.4 Å². The molecule has 0 aliphatic carbocycles. The summed E-state index contributed by atoms with van der Waals surface area (Å²) in [5.74, 6) is -3.87. The number of carbonyl (C=O) groups is 6. The summed E-state index contributed by atoms with van der Waals surface area (Å²) in [5, 5.41) is 0. The monoisotopic (exact) mass is 788 g/mol. The van der Waals surface area contributed by atoms with Crippen molar-refractivity contribution in [3.63, 3.8) is 0 Å². The summed E-state index contributed by atoms with van der Waals surface area (Å²) in [7, 11) is 2.82. The van der Waals surface area contributed by atoms with Gasteiger partial charge < -0.3 is 56.8 Å². The lowest BCUT2D eigenvalue weighted by Crippen LogP contribution is -2.63. The smallest absolute Gasteiger partial charge is 0.308 e. The zero-order chi connectivity index (χ0) is 40.9. The molecule has 304 valence electrons. The molecule has 56 heavy (non-hydrogen) atoms. The molecule has 3 aliphatic rings. The van der Waals surface area contributed by atoms with Gasteiger partial charge in [-0.15, -0.1) is 0 Å². The molecule has 0 amide bonds. The van der Waals surface area contributed by atoms with Gasteiger partial charge in [-0.1, -0.05) is 12.1 Å². The summed E-state index contributed by atoms with van der Waals surface area (Å²) in [6.45, 7) is 6.71. The number of ether oxygens (including phenoxy) is 12. The molecule has 0 bridgehead atoms. The number of esters is 6. The van der Waals surface area contributed by atoms with Gasteiger partial charge in [-0.25, -0.2) is 0 Å². The van der Waals surface area contributed by atoms with Crippen LogP contribution in [0.15, 0.2) is 36.4 Å². The van der Waals surface area contributed by atoms with Crippen LogP contribution < -0.4 is 18.9 Å². The minimum absolute atomic E-state index is 0.0358. The molecule has 0 radical (unpaired) electrons. The minimum atomic E-state index is -1.52. The molecule has 3 heterocycles. The third-order valence-electron chi connectivity index (χ3n) is 9.15. The summed E-state index contributed by atoms with van der Waals surface area (Å²) >= 11 is 0. The van der Waals surface area contributed by atoms with E-state index in [0.29, 0.717) is 16.9 Å². The molecular formula is C38H44O18. The Hall–Kier alpha value is -5.46. The minimum Gasteiger partial charge on any atom is -0.493 e. The molecule has 5 rings (SSSR count). The number of rotatable bonds is 13. The molecule has 0 unspecified atom stereocenters. The van der Waals surface area contributed by atoms with Crippen LogP contribution in [0.25, 0.3) is 0 Å². The highest BCUT2D eigenvalue weighted by molar-refractivity contribution is 5.71. The summed E-state index contributed by atoms with van der Waals surface area (Å²) in [5.41, 5.74) is -0.0930. The van der Waals surface area contributed by atoms with Gasteiger partial charge in [0.1, 0.15) is 18.8 Å². The highest BCUT2D eigenvalue weighted by Crippen LogP contribution is 2.56. The van der Waals surface area contributed by atoms with Crippen LogP contribution in [0.3, 0.4) is 0 Å². The van der Waals surface area contributed by atoms with Gasteiger partial charge in [0.25, 0.3) is 0 Å². The lowest BCUT2D eigenvalue weighted by molar-refractivity contribution is -0.288. The van der Waals surface area contributed by atoms with E-state index in [-0.39, 0.29) is 30.5 Å². The summed E-state index contributed by atoms with van der Waals surface area (Å²) in [4.78, 5) is 72.7. The van der Waals surface area contributed by atoms with Gasteiger partial charge in [-0.3, -0.25) is 28.8 Å². The average molecular weight is 789 g/mol. The number of hydrogen-bond acceptors (Lipinski definition) is 18. The van der Waals surface area contributed by atoms with Crippen molar-refractivity contribution in [3.8, 4) is 23.0 Å². The van der Waals surface area contributed by atoms with Crippen LogP contribution in [0.2, 0.25) is 0 Å². The average Bonchev–Trinajstić information content (AvgIpc) is 3.65. The molecule has 0 aromatic heterocycles. The number of benzene rings is 2. The van der Waals surface area contributed by atoms with Gasteiger partial charge in [0.05, 0.1) is 39.5 Å². The SMILES string of the molecule is COc1cc([C@H]2OC[C@]3(OC(C)=O)[C@@H](c4ccc(O[C@@H]5O[C@H](COC(C)=O)[C@@H](OC(C)=O)[C@H](OC(C)=O)[C@H]5OC(C)=O)c(OC)c4)OC[C@H]23)ccc1OC(C)=O. The van der Waals surface area contributed by atoms with Crippen molar-refractivity contribution >= 4 is 35.8 Å². The van der Waals surface area contributed by atoms with Gasteiger partial charge in [0, 0.05) is 41.5 Å². The zero-order valence-electron chi connectivity index (χ0n) is 32.1. The lowest BCUT2D eigenvalue weighted by Gasteiger charge is -2.44. The maximum atomic E-state index is 12.6. The van der Waals surface area contributed by atoms with Gasteiger partial charge >= 0.3 is 35.8 Å². The Morgan fingerprint density at radius 2 is 1.25 bits per heavy atom. The van der Waals surface area contributed by atoms with Crippen LogP contribution >= 0.6 is 0 Å². The first-order valence-electron chi connectivity index (χ1n) is 17.5. The fraction of sp³-hybridized carbons (Fsp3) is 0.526. The molecule has 0 spiro atoms. The van der Waals surface area contributed by atoms with Crippen LogP contribution in [-0.4, -0.2) is 106 Å². The number of carbonyl (C=O) groups excluding carboxylic acids is 6. The highest BCUT2D eigenvalue weighted by Gasteiger charge is 2.63. The first-order valence-corrected chi connectivity index (χ1v) is 17.5. The quantitative estimate of drug-likeness (QED) is 0.162. The van der Waals surface area contributed by atoms with Crippen LogP contribution in [0.5, 0.6) is 23.0 Å². The molecule has 9 atom stereocenters. The van der Waals surface area contributed by atoms with E-state index in [9.17, 15) is 28.8 Å². The Morgan fingerprint density at radius 3 is 1.86 bits per heavy atom. The molecule has 2 aromatic rings. The van der Waals surface area contributed by atoms with E-state index in [4.69, 9.17) is 56.8 Å². The molecule has 0 N–H and O–H groups in total. The fourth-order valence-corrected chi connectivity index (χ4v) is 7.13. The third-order valence-corrected chi connectivity index (χ3v) is 9.15. The van der Waals surface area contributed by atoms with Crippen molar-refractivity contribution in [3.05, 3.63) is 47.5 Å².